The van der Waals surface area contributed by atoms with Crippen LogP contribution in [0.25, 0.3) is 0 Å². The molecular weight excluding hydrogens is 326 g/mol. The Balaban J connectivity index is 1.78. The summed E-state index contributed by atoms with van der Waals surface area (Å²) in [6.07, 6.45) is 2.35. The Morgan fingerprint density at radius 3 is 3.00 bits per heavy atom. The Hall–Kier alpha value is -1.99. The normalized spacial score (nSPS) is 13.0. The van der Waals surface area contributed by atoms with Crippen molar-refractivity contribution in [3.8, 4) is 6.07 Å². The second kappa shape index (κ2) is 6.19. The topological polar surface area (TPSA) is 47.9 Å². The second-order valence-electron chi connectivity index (χ2n) is 5.14. The predicted octanol–water partition coefficient (Wildman–Crippen LogP) is 4.29. The smallest absolute Gasteiger partial charge is 0.0992 e. The Morgan fingerprint density at radius 2 is 2.19 bits per heavy atom. The number of aryl methyl sites for hydroxylation is 1. The number of benzene rings is 2. The summed E-state index contributed by atoms with van der Waals surface area (Å²) >= 11 is 3.51. The van der Waals surface area contributed by atoms with Crippen LogP contribution in [0.5, 0.6) is 0 Å². The molecule has 0 unspecified atom stereocenters. The number of nitrogens with one attached hydrogen (secondary N) is 2. The number of para-hydroxylation sites is 1. The lowest BCUT2D eigenvalue weighted by Gasteiger charge is -2.21. The fourth-order valence-electron chi connectivity index (χ4n) is 2.65. The molecule has 0 amide bonds. The van der Waals surface area contributed by atoms with Gasteiger partial charge in [0, 0.05) is 28.9 Å². The molecule has 3 rings (SSSR count). The number of nitriles is 1. The maximum atomic E-state index is 8.89. The highest BCUT2D eigenvalue weighted by molar-refractivity contribution is 9.10. The molecule has 0 fully saturated rings. The van der Waals surface area contributed by atoms with E-state index in [-0.39, 0.29) is 0 Å². The third-order valence-electron chi connectivity index (χ3n) is 3.73. The summed E-state index contributed by atoms with van der Waals surface area (Å²) in [4.78, 5) is 0. The van der Waals surface area contributed by atoms with E-state index in [0.29, 0.717) is 5.56 Å². The minimum atomic E-state index is 0.659. The monoisotopic (exact) mass is 341 g/mol. The lowest BCUT2D eigenvalue weighted by atomic mass is 9.99. The van der Waals surface area contributed by atoms with E-state index in [1.165, 1.54) is 23.2 Å². The summed E-state index contributed by atoms with van der Waals surface area (Å²) in [5.74, 6) is 0. The minimum Gasteiger partial charge on any atom is -0.385 e. The Labute approximate surface area is 133 Å². The maximum Gasteiger partial charge on any atom is 0.0992 e. The van der Waals surface area contributed by atoms with Gasteiger partial charge in [-0.05, 0) is 58.1 Å². The van der Waals surface area contributed by atoms with Gasteiger partial charge in [-0.3, -0.25) is 0 Å². The van der Waals surface area contributed by atoms with Gasteiger partial charge in [-0.1, -0.05) is 18.2 Å². The van der Waals surface area contributed by atoms with Crippen molar-refractivity contribution < 1.29 is 0 Å². The summed E-state index contributed by atoms with van der Waals surface area (Å²) in [7, 11) is 0. The molecule has 2 aromatic carbocycles. The highest BCUT2D eigenvalue weighted by Crippen LogP contribution is 2.28. The standard InChI is InChI=1S/C17H16BrN3/c18-15-9-12(10-19)6-7-16(15)21-11-14-4-1-3-13-5-2-8-20-17(13)14/h1,3-4,6-7,9,20-21H,2,5,8,11H2. The first-order chi connectivity index (χ1) is 10.3. The first-order valence-corrected chi connectivity index (χ1v) is 7.85. The van der Waals surface area contributed by atoms with Crippen LogP contribution in [0.2, 0.25) is 0 Å². The molecule has 1 heterocycles. The molecule has 0 spiro atoms. The average Bonchev–Trinajstić information content (AvgIpc) is 2.53. The van der Waals surface area contributed by atoms with Gasteiger partial charge in [0.1, 0.15) is 0 Å². The maximum absolute atomic E-state index is 8.89. The molecule has 21 heavy (non-hydrogen) atoms. The molecule has 1 aliphatic heterocycles. The molecule has 1 aliphatic rings. The molecule has 0 saturated heterocycles. The molecule has 0 radical (unpaired) electrons. The number of rotatable bonds is 3. The molecule has 0 bridgehead atoms. The van der Waals surface area contributed by atoms with Gasteiger partial charge >= 0.3 is 0 Å². The van der Waals surface area contributed by atoms with E-state index in [9.17, 15) is 0 Å². The summed E-state index contributed by atoms with van der Waals surface area (Å²) in [6.45, 7) is 1.81. The molecule has 106 valence electrons. The summed E-state index contributed by atoms with van der Waals surface area (Å²) in [5.41, 5.74) is 5.62. The van der Waals surface area contributed by atoms with E-state index in [1.54, 1.807) is 0 Å². The van der Waals surface area contributed by atoms with E-state index in [2.05, 4.69) is 50.8 Å². The third-order valence-corrected chi connectivity index (χ3v) is 4.39. The van der Waals surface area contributed by atoms with Crippen LogP contribution in [0, 0.1) is 11.3 Å². The van der Waals surface area contributed by atoms with E-state index >= 15 is 0 Å². The van der Waals surface area contributed by atoms with Gasteiger partial charge in [0.05, 0.1) is 11.6 Å². The number of hydrogen-bond acceptors (Lipinski definition) is 3. The molecule has 0 saturated carbocycles. The van der Waals surface area contributed by atoms with Gasteiger partial charge in [-0.2, -0.15) is 5.26 Å². The van der Waals surface area contributed by atoms with Crippen LogP contribution in [0.1, 0.15) is 23.1 Å². The third kappa shape index (κ3) is 3.03. The van der Waals surface area contributed by atoms with Crippen molar-refractivity contribution in [1.82, 2.24) is 0 Å². The van der Waals surface area contributed by atoms with Crippen molar-refractivity contribution in [1.29, 1.82) is 5.26 Å². The molecule has 2 aromatic rings. The van der Waals surface area contributed by atoms with Crippen LogP contribution in [0.15, 0.2) is 40.9 Å². The van der Waals surface area contributed by atoms with Crippen LogP contribution >= 0.6 is 15.9 Å². The van der Waals surface area contributed by atoms with Crippen molar-refractivity contribution in [2.24, 2.45) is 0 Å². The molecule has 4 heteroatoms. The van der Waals surface area contributed by atoms with Gasteiger partial charge in [-0.15, -0.1) is 0 Å². The fourth-order valence-corrected chi connectivity index (χ4v) is 3.17. The lowest BCUT2D eigenvalue weighted by Crippen LogP contribution is -2.15. The van der Waals surface area contributed by atoms with Crippen LogP contribution in [-0.4, -0.2) is 6.54 Å². The SMILES string of the molecule is N#Cc1ccc(NCc2cccc3c2NCCC3)c(Br)c1. The van der Waals surface area contributed by atoms with Gasteiger partial charge in [0.2, 0.25) is 0 Å². The lowest BCUT2D eigenvalue weighted by molar-refractivity contribution is 0.825. The highest BCUT2D eigenvalue weighted by atomic mass is 79.9. The van der Waals surface area contributed by atoms with Crippen LogP contribution in [-0.2, 0) is 13.0 Å². The second-order valence-corrected chi connectivity index (χ2v) is 6.00. The number of halogens is 1. The minimum absolute atomic E-state index is 0.659. The van der Waals surface area contributed by atoms with Crippen molar-refractivity contribution in [3.05, 3.63) is 57.6 Å². The largest absolute Gasteiger partial charge is 0.385 e. The van der Waals surface area contributed by atoms with Crippen LogP contribution in [0.4, 0.5) is 11.4 Å². The van der Waals surface area contributed by atoms with E-state index < -0.39 is 0 Å². The molecule has 0 aliphatic carbocycles. The van der Waals surface area contributed by atoms with Gasteiger partial charge in [0.15, 0.2) is 0 Å². The average molecular weight is 342 g/mol. The number of anilines is 2. The van der Waals surface area contributed by atoms with Crippen LogP contribution in [0.3, 0.4) is 0 Å². The Kier molecular flexibility index (Phi) is 4.12. The molecule has 3 nitrogen and oxygen atoms in total. The molecule has 0 aromatic heterocycles. The van der Waals surface area contributed by atoms with Crippen molar-refractivity contribution in [2.45, 2.75) is 19.4 Å². The number of hydrogen-bond donors (Lipinski definition) is 2. The molecular formula is C17H16BrN3. The summed E-state index contributed by atoms with van der Waals surface area (Å²) in [5, 5.41) is 15.8. The van der Waals surface area contributed by atoms with Gasteiger partial charge < -0.3 is 10.6 Å². The first-order valence-electron chi connectivity index (χ1n) is 7.06. The van der Waals surface area contributed by atoms with E-state index in [0.717, 1.165) is 29.7 Å². The van der Waals surface area contributed by atoms with Crippen molar-refractivity contribution in [3.63, 3.8) is 0 Å². The molecule has 0 atom stereocenters. The van der Waals surface area contributed by atoms with Crippen LogP contribution < -0.4 is 10.6 Å². The van der Waals surface area contributed by atoms with Gasteiger partial charge in [0.25, 0.3) is 0 Å². The van der Waals surface area contributed by atoms with Crippen molar-refractivity contribution in [2.75, 3.05) is 17.2 Å². The quantitative estimate of drug-likeness (QED) is 0.875. The Morgan fingerprint density at radius 1 is 1.29 bits per heavy atom. The zero-order valence-electron chi connectivity index (χ0n) is 11.6. The fraction of sp³-hybridized carbons (Fsp3) is 0.235. The summed E-state index contributed by atoms with van der Waals surface area (Å²) in [6, 6.07) is 14.2. The highest BCUT2D eigenvalue weighted by Gasteiger charge is 2.12. The van der Waals surface area contributed by atoms with E-state index in [4.69, 9.17) is 5.26 Å². The van der Waals surface area contributed by atoms with E-state index in [1.807, 2.05) is 18.2 Å². The zero-order valence-corrected chi connectivity index (χ0v) is 13.2. The first kappa shape index (κ1) is 14.0. The summed E-state index contributed by atoms with van der Waals surface area (Å²) < 4.78 is 0.916. The number of nitrogens with zero attached hydrogens (tertiary/aromatic N) is 1. The van der Waals surface area contributed by atoms with Crippen molar-refractivity contribution >= 4 is 27.3 Å². The number of fused-ring (bicyclic) bond motifs is 1. The zero-order chi connectivity index (χ0) is 14.7. The predicted molar refractivity (Wildman–Crippen MR) is 89.4 cm³/mol. The Bertz CT molecular complexity index is 704. The molecule has 2 N–H and O–H groups in total. The van der Waals surface area contributed by atoms with Gasteiger partial charge in [-0.25, -0.2) is 0 Å².